The van der Waals surface area contributed by atoms with Crippen molar-refractivity contribution in [3.05, 3.63) is 53.8 Å². The summed E-state index contributed by atoms with van der Waals surface area (Å²) in [4.78, 5) is 11.1. The monoisotopic (exact) mass is 188 g/mol. The molecule has 0 aliphatic rings. The molecule has 0 amide bonds. The Labute approximate surface area is 83.2 Å². The molecule has 2 nitrogen and oxygen atoms in total. The van der Waals surface area contributed by atoms with Crippen molar-refractivity contribution in [2.75, 3.05) is 0 Å². The summed E-state index contributed by atoms with van der Waals surface area (Å²) in [6.07, 6.45) is 4.32. The quantitative estimate of drug-likeness (QED) is 0.585. The summed E-state index contributed by atoms with van der Waals surface area (Å²) in [6, 6.07) is 9.52. The summed E-state index contributed by atoms with van der Waals surface area (Å²) in [5.41, 5.74) is 0.963. The van der Waals surface area contributed by atoms with E-state index in [9.17, 15) is 4.79 Å². The number of rotatable bonds is 3. The van der Waals surface area contributed by atoms with Gasteiger partial charge in [0.2, 0.25) is 0 Å². The number of hydrogen-bond donors (Lipinski definition) is 1. The molecule has 0 saturated heterocycles. The summed E-state index contributed by atoms with van der Waals surface area (Å²) in [6.45, 7) is 1.47. The van der Waals surface area contributed by atoms with Crippen LogP contribution in [0.5, 0.6) is 0 Å². The van der Waals surface area contributed by atoms with Crippen LogP contribution in [-0.2, 0) is 4.79 Å². The molecule has 72 valence electrons. The zero-order valence-electron chi connectivity index (χ0n) is 7.97. The maximum atomic E-state index is 11.1. The molecular weight excluding hydrogens is 176 g/mol. The Hall–Kier alpha value is -1.83. The van der Waals surface area contributed by atoms with Gasteiger partial charge in [-0.1, -0.05) is 36.4 Å². The van der Waals surface area contributed by atoms with Crippen LogP contribution in [0.1, 0.15) is 12.5 Å². The van der Waals surface area contributed by atoms with E-state index in [1.807, 2.05) is 30.3 Å². The second-order valence-electron chi connectivity index (χ2n) is 2.93. The molecule has 14 heavy (non-hydrogen) atoms. The van der Waals surface area contributed by atoms with Crippen LogP contribution in [0.15, 0.2) is 48.2 Å². The highest BCUT2D eigenvalue weighted by Gasteiger charge is 1.91. The third-order valence-corrected chi connectivity index (χ3v) is 1.59. The van der Waals surface area contributed by atoms with Gasteiger partial charge in [0.15, 0.2) is 5.78 Å². The first-order valence-corrected chi connectivity index (χ1v) is 4.33. The Kier molecular flexibility index (Phi) is 3.68. The van der Waals surface area contributed by atoms with Gasteiger partial charge in [-0.15, -0.1) is 0 Å². The van der Waals surface area contributed by atoms with Crippen molar-refractivity contribution in [1.82, 2.24) is 0 Å². The lowest BCUT2D eigenvalue weighted by Gasteiger charge is -1.90. The summed E-state index contributed by atoms with van der Waals surface area (Å²) in [7, 11) is 0. The Morgan fingerprint density at radius 1 is 1.29 bits per heavy atom. The lowest BCUT2D eigenvalue weighted by atomic mass is 10.2. The maximum absolute atomic E-state index is 11.1. The van der Waals surface area contributed by atoms with Crippen molar-refractivity contribution in [3.63, 3.8) is 0 Å². The molecule has 0 fully saturated rings. The van der Waals surface area contributed by atoms with Gasteiger partial charge in [0.25, 0.3) is 0 Å². The summed E-state index contributed by atoms with van der Waals surface area (Å²) >= 11 is 0. The molecule has 0 saturated carbocycles. The van der Waals surface area contributed by atoms with Crippen LogP contribution in [0.3, 0.4) is 0 Å². The molecular formula is C12H12O2. The van der Waals surface area contributed by atoms with Gasteiger partial charge in [0, 0.05) is 6.08 Å². The standard InChI is InChI=1S/C12H12O2/c1-10(13)9-12(14)8-7-11-5-3-2-4-6-11/h2-9,13H,1H3/b8-7+,10-9+. The predicted octanol–water partition coefficient (Wildman–Crippen LogP) is 2.73. The number of ketones is 1. The molecule has 0 atom stereocenters. The molecule has 1 N–H and O–H groups in total. The highest BCUT2D eigenvalue weighted by atomic mass is 16.3. The number of hydrogen-bond acceptors (Lipinski definition) is 2. The number of carbonyl (C=O) groups excluding carboxylic acids is 1. The topological polar surface area (TPSA) is 37.3 Å². The molecule has 0 bridgehead atoms. The number of aliphatic hydroxyl groups excluding tert-OH is 1. The molecule has 2 heteroatoms. The molecule has 0 spiro atoms. The first kappa shape index (κ1) is 10.3. The lowest BCUT2D eigenvalue weighted by molar-refractivity contribution is -0.110. The first-order chi connectivity index (χ1) is 6.68. The number of allylic oxidation sites excluding steroid dienone is 3. The van der Waals surface area contributed by atoms with Gasteiger partial charge in [-0.05, 0) is 18.6 Å². The molecule has 0 unspecified atom stereocenters. The van der Waals surface area contributed by atoms with Gasteiger partial charge in [-0.25, -0.2) is 0 Å². The Balaban J connectivity index is 2.66. The zero-order valence-corrected chi connectivity index (χ0v) is 7.97. The molecule has 0 aromatic heterocycles. The van der Waals surface area contributed by atoms with Crippen molar-refractivity contribution in [3.8, 4) is 0 Å². The van der Waals surface area contributed by atoms with Crippen LogP contribution < -0.4 is 0 Å². The normalized spacial score (nSPS) is 11.9. The van der Waals surface area contributed by atoms with Crippen molar-refractivity contribution in [1.29, 1.82) is 0 Å². The Morgan fingerprint density at radius 3 is 2.50 bits per heavy atom. The van der Waals surface area contributed by atoms with E-state index in [1.165, 1.54) is 19.1 Å². The minimum atomic E-state index is -0.214. The minimum Gasteiger partial charge on any atom is -0.512 e. The summed E-state index contributed by atoms with van der Waals surface area (Å²) in [5, 5.41) is 8.83. The van der Waals surface area contributed by atoms with E-state index in [1.54, 1.807) is 6.08 Å². The first-order valence-electron chi connectivity index (χ1n) is 4.33. The van der Waals surface area contributed by atoms with E-state index in [4.69, 9.17) is 5.11 Å². The number of benzene rings is 1. The van der Waals surface area contributed by atoms with Gasteiger partial charge in [-0.2, -0.15) is 0 Å². The largest absolute Gasteiger partial charge is 0.512 e. The van der Waals surface area contributed by atoms with E-state index in [0.29, 0.717) is 0 Å². The van der Waals surface area contributed by atoms with Crippen molar-refractivity contribution >= 4 is 11.9 Å². The fourth-order valence-electron chi connectivity index (χ4n) is 0.996. The highest BCUT2D eigenvalue weighted by molar-refractivity contribution is 6.02. The zero-order chi connectivity index (χ0) is 10.4. The molecule has 1 aromatic rings. The summed E-state index contributed by atoms with van der Waals surface area (Å²) in [5.74, 6) is -0.193. The SMILES string of the molecule is C/C(O)=C\C(=O)/C=C/c1ccccc1. The fraction of sp³-hybridized carbons (Fsp3) is 0.0833. The van der Waals surface area contributed by atoms with E-state index in [2.05, 4.69) is 0 Å². The number of aliphatic hydroxyl groups is 1. The molecule has 0 heterocycles. The van der Waals surface area contributed by atoms with E-state index < -0.39 is 0 Å². The molecule has 0 aliphatic heterocycles. The second kappa shape index (κ2) is 5.02. The maximum Gasteiger partial charge on any atom is 0.181 e. The fourth-order valence-corrected chi connectivity index (χ4v) is 0.996. The molecule has 1 rings (SSSR count). The van der Waals surface area contributed by atoms with Crippen molar-refractivity contribution < 1.29 is 9.90 Å². The molecule has 0 aliphatic carbocycles. The van der Waals surface area contributed by atoms with Crippen molar-refractivity contribution in [2.24, 2.45) is 0 Å². The van der Waals surface area contributed by atoms with Gasteiger partial charge in [0.1, 0.15) is 0 Å². The van der Waals surface area contributed by atoms with Gasteiger partial charge >= 0.3 is 0 Å². The van der Waals surface area contributed by atoms with Crippen LogP contribution in [0.2, 0.25) is 0 Å². The molecule has 1 aromatic carbocycles. The van der Waals surface area contributed by atoms with Gasteiger partial charge in [0.05, 0.1) is 5.76 Å². The predicted molar refractivity (Wildman–Crippen MR) is 56.9 cm³/mol. The van der Waals surface area contributed by atoms with Crippen LogP contribution in [-0.4, -0.2) is 10.9 Å². The van der Waals surface area contributed by atoms with Crippen LogP contribution >= 0.6 is 0 Å². The lowest BCUT2D eigenvalue weighted by Crippen LogP contribution is -1.87. The highest BCUT2D eigenvalue weighted by Crippen LogP contribution is 2.01. The van der Waals surface area contributed by atoms with Gasteiger partial charge < -0.3 is 5.11 Å². The van der Waals surface area contributed by atoms with E-state index >= 15 is 0 Å². The third kappa shape index (κ3) is 3.72. The van der Waals surface area contributed by atoms with Crippen LogP contribution in [0.25, 0.3) is 6.08 Å². The average molecular weight is 188 g/mol. The second-order valence-corrected chi connectivity index (χ2v) is 2.93. The average Bonchev–Trinajstić information content (AvgIpc) is 2.15. The van der Waals surface area contributed by atoms with Crippen molar-refractivity contribution in [2.45, 2.75) is 6.92 Å². The van der Waals surface area contributed by atoms with E-state index in [-0.39, 0.29) is 11.5 Å². The number of carbonyl (C=O) groups is 1. The van der Waals surface area contributed by atoms with Gasteiger partial charge in [-0.3, -0.25) is 4.79 Å². The Morgan fingerprint density at radius 2 is 1.93 bits per heavy atom. The summed E-state index contributed by atoms with van der Waals surface area (Å²) < 4.78 is 0. The van der Waals surface area contributed by atoms with Crippen LogP contribution in [0.4, 0.5) is 0 Å². The van der Waals surface area contributed by atoms with Crippen LogP contribution in [0, 0.1) is 0 Å². The Bertz CT molecular complexity index is 357. The molecule has 0 radical (unpaired) electrons. The third-order valence-electron chi connectivity index (χ3n) is 1.59. The smallest absolute Gasteiger partial charge is 0.181 e. The minimum absolute atomic E-state index is 0.0210. The van der Waals surface area contributed by atoms with E-state index in [0.717, 1.165) is 5.56 Å².